The number of hydrogen-bond donors (Lipinski definition) is 1. The minimum Gasteiger partial charge on any atom is -0.492 e. The van der Waals surface area contributed by atoms with Crippen molar-refractivity contribution in [2.75, 3.05) is 18.5 Å². The zero-order valence-electron chi connectivity index (χ0n) is 10.9. The number of ether oxygens (including phenoxy) is 1. The number of halogens is 2. The zero-order valence-corrected chi connectivity index (χ0v) is 12.4. The standard InChI is InChI=1S/C14H12Cl2N2O3/c15-12-8-10(18(19)20)9-13(16)14(12)17-6-7-21-11-4-2-1-3-5-11/h1-5,8-9,17H,6-7H2. The Morgan fingerprint density at radius 2 is 1.76 bits per heavy atom. The summed E-state index contributed by atoms with van der Waals surface area (Å²) in [4.78, 5) is 10.1. The third-order valence-electron chi connectivity index (χ3n) is 2.65. The largest absolute Gasteiger partial charge is 0.492 e. The van der Waals surface area contributed by atoms with Crippen LogP contribution in [-0.2, 0) is 0 Å². The molecule has 21 heavy (non-hydrogen) atoms. The molecule has 0 aliphatic heterocycles. The van der Waals surface area contributed by atoms with Crippen LogP contribution in [0, 0.1) is 10.1 Å². The van der Waals surface area contributed by atoms with Crippen LogP contribution < -0.4 is 10.1 Å². The number of hydrogen-bond acceptors (Lipinski definition) is 4. The van der Waals surface area contributed by atoms with Crippen molar-refractivity contribution in [2.24, 2.45) is 0 Å². The monoisotopic (exact) mass is 326 g/mol. The highest BCUT2D eigenvalue weighted by Gasteiger charge is 2.14. The van der Waals surface area contributed by atoms with Crippen molar-refractivity contribution < 1.29 is 9.66 Å². The van der Waals surface area contributed by atoms with Crippen molar-refractivity contribution in [1.29, 1.82) is 0 Å². The Balaban J connectivity index is 1.93. The van der Waals surface area contributed by atoms with Crippen LogP contribution in [0.4, 0.5) is 11.4 Å². The summed E-state index contributed by atoms with van der Waals surface area (Å²) >= 11 is 12.0. The molecule has 0 heterocycles. The summed E-state index contributed by atoms with van der Waals surface area (Å²) in [5, 5.41) is 14.1. The molecule has 0 bridgehead atoms. The smallest absolute Gasteiger partial charge is 0.272 e. The summed E-state index contributed by atoms with van der Waals surface area (Å²) in [6.07, 6.45) is 0. The minimum absolute atomic E-state index is 0.143. The molecule has 110 valence electrons. The molecule has 5 nitrogen and oxygen atoms in total. The molecule has 7 heteroatoms. The fraction of sp³-hybridized carbons (Fsp3) is 0.143. The number of nitro groups is 1. The van der Waals surface area contributed by atoms with Gasteiger partial charge in [-0.15, -0.1) is 0 Å². The number of anilines is 1. The lowest BCUT2D eigenvalue weighted by Crippen LogP contribution is -2.12. The fourth-order valence-electron chi connectivity index (χ4n) is 1.70. The number of rotatable bonds is 6. The van der Waals surface area contributed by atoms with Crippen molar-refractivity contribution in [3.05, 3.63) is 62.6 Å². The third kappa shape index (κ3) is 4.24. The number of nitrogens with zero attached hydrogens (tertiary/aromatic N) is 1. The molecule has 0 unspecified atom stereocenters. The van der Waals surface area contributed by atoms with Crippen LogP contribution in [0.3, 0.4) is 0 Å². The highest BCUT2D eigenvalue weighted by molar-refractivity contribution is 6.39. The average molecular weight is 327 g/mol. The van der Waals surface area contributed by atoms with E-state index in [1.807, 2.05) is 30.3 Å². The number of nitrogens with one attached hydrogen (secondary N) is 1. The number of para-hydroxylation sites is 1. The van der Waals surface area contributed by atoms with Crippen LogP contribution in [0.15, 0.2) is 42.5 Å². The Morgan fingerprint density at radius 1 is 1.14 bits per heavy atom. The second-order valence-electron chi connectivity index (χ2n) is 4.13. The Labute approximate surface area is 131 Å². The van der Waals surface area contributed by atoms with Gasteiger partial charge in [-0.05, 0) is 12.1 Å². The average Bonchev–Trinajstić information content (AvgIpc) is 2.46. The number of nitro benzene ring substituents is 1. The Bertz CT molecular complexity index is 612. The maximum atomic E-state index is 10.7. The van der Waals surface area contributed by atoms with Gasteiger partial charge in [-0.2, -0.15) is 0 Å². The Morgan fingerprint density at radius 3 is 2.33 bits per heavy atom. The second-order valence-corrected chi connectivity index (χ2v) is 4.94. The highest BCUT2D eigenvalue weighted by Crippen LogP contribution is 2.34. The van der Waals surface area contributed by atoms with Crippen molar-refractivity contribution in [3.8, 4) is 5.75 Å². The molecular formula is C14H12Cl2N2O3. The summed E-state index contributed by atoms with van der Waals surface area (Å²) in [5.41, 5.74) is 0.316. The minimum atomic E-state index is -0.542. The van der Waals surface area contributed by atoms with E-state index in [1.54, 1.807) is 0 Å². The summed E-state index contributed by atoms with van der Waals surface area (Å²) in [6.45, 7) is 0.875. The molecule has 0 saturated carbocycles. The van der Waals surface area contributed by atoms with Crippen molar-refractivity contribution in [3.63, 3.8) is 0 Å². The van der Waals surface area contributed by atoms with Crippen LogP contribution in [0.25, 0.3) is 0 Å². The molecular weight excluding hydrogens is 315 g/mol. The molecule has 2 rings (SSSR count). The van der Waals surface area contributed by atoms with E-state index in [9.17, 15) is 10.1 Å². The maximum Gasteiger partial charge on any atom is 0.272 e. The number of benzene rings is 2. The predicted octanol–water partition coefficient (Wildman–Crippen LogP) is 4.39. The van der Waals surface area contributed by atoms with Crippen molar-refractivity contribution >= 4 is 34.6 Å². The van der Waals surface area contributed by atoms with E-state index in [0.717, 1.165) is 5.75 Å². The van der Waals surface area contributed by atoms with E-state index in [1.165, 1.54) is 12.1 Å². The van der Waals surface area contributed by atoms with Gasteiger partial charge in [0.15, 0.2) is 0 Å². The number of non-ortho nitro benzene ring substituents is 1. The highest BCUT2D eigenvalue weighted by atomic mass is 35.5. The Hall–Kier alpha value is -1.98. The summed E-state index contributed by atoms with van der Waals surface area (Å²) in [5.74, 6) is 0.764. The lowest BCUT2D eigenvalue weighted by atomic mass is 10.3. The van der Waals surface area contributed by atoms with Gasteiger partial charge in [-0.3, -0.25) is 10.1 Å². The Kier molecular flexibility index (Phi) is 5.25. The fourth-order valence-corrected chi connectivity index (χ4v) is 2.30. The molecule has 0 aliphatic rings. The van der Waals surface area contributed by atoms with E-state index in [0.29, 0.717) is 18.8 Å². The van der Waals surface area contributed by atoms with Gasteiger partial charge < -0.3 is 10.1 Å². The first-order chi connectivity index (χ1) is 10.1. The van der Waals surface area contributed by atoms with Gasteiger partial charge in [0, 0.05) is 18.7 Å². The van der Waals surface area contributed by atoms with E-state index >= 15 is 0 Å². The van der Waals surface area contributed by atoms with Gasteiger partial charge in [0.1, 0.15) is 12.4 Å². The summed E-state index contributed by atoms with van der Waals surface area (Å²) < 4.78 is 5.51. The van der Waals surface area contributed by atoms with Crippen molar-refractivity contribution in [2.45, 2.75) is 0 Å². The molecule has 0 saturated heterocycles. The molecule has 0 spiro atoms. The molecule has 0 atom stereocenters. The van der Waals surface area contributed by atoms with Crippen LogP contribution >= 0.6 is 23.2 Å². The first-order valence-corrected chi connectivity index (χ1v) is 6.88. The second kappa shape index (κ2) is 7.15. The SMILES string of the molecule is O=[N+]([O-])c1cc(Cl)c(NCCOc2ccccc2)c(Cl)c1. The predicted molar refractivity (Wildman–Crippen MR) is 83.5 cm³/mol. The normalized spacial score (nSPS) is 10.2. The van der Waals surface area contributed by atoms with Gasteiger partial charge in [0.2, 0.25) is 0 Å². The molecule has 0 aromatic heterocycles. The van der Waals surface area contributed by atoms with Crippen LogP contribution in [0.5, 0.6) is 5.75 Å². The summed E-state index contributed by atoms with van der Waals surface area (Å²) in [6, 6.07) is 11.9. The lowest BCUT2D eigenvalue weighted by Gasteiger charge is -2.11. The van der Waals surface area contributed by atoms with E-state index in [2.05, 4.69) is 5.32 Å². The van der Waals surface area contributed by atoms with Crippen LogP contribution in [0.1, 0.15) is 0 Å². The van der Waals surface area contributed by atoms with E-state index < -0.39 is 4.92 Å². The molecule has 2 aromatic rings. The molecule has 0 radical (unpaired) electrons. The zero-order chi connectivity index (χ0) is 15.2. The summed E-state index contributed by atoms with van der Waals surface area (Å²) in [7, 11) is 0. The van der Waals surface area contributed by atoms with Gasteiger partial charge in [0.25, 0.3) is 5.69 Å². The molecule has 0 aliphatic carbocycles. The molecule has 2 aromatic carbocycles. The topological polar surface area (TPSA) is 64.4 Å². The molecule has 0 amide bonds. The van der Waals surface area contributed by atoms with Gasteiger partial charge in [0.05, 0.1) is 20.7 Å². The van der Waals surface area contributed by atoms with Crippen molar-refractivity contribution in [1.82, 2.24) is 0 Å². The lowest BCUT2D eigenvalue weighted by molar-refractivity contribution is -0.384. The first kappa shape index (κ1) is 15.4. The first-order valence-electron chi connectivity index (χ1n) is 6.13. The molecule has 1 N–H and O–H groups in total. The third-order valence-corrected chi connectivity index (χ3v) is 3.25. The van der Waals surface area contributed by atoms with Gasteiger partial charge in [-0.25, -0.2) is 0 Å². The van der Waals surface area contributed by atoms with E-state index in [4.69, 9.17) is 27.9 Å². The van der Waals surface area contributed by atoms with Crippen LogP contribution in [-0.4, -0.2) is 18.1 Å². The van der Waals surface area contributed by atoms with Gasteiger partial charge >= 0.3 is 0 Å². The van der Waals surface area contributed by atoms with Gasteiger partial charge in [-0.1, -0.05) is 41.4 Å². The maximum absolute atomic E-state index is 10.7. The molecule has 0 fully saturated rings. The van der Waals surface area contributed by atoms with Crippen LogP contribution in [0.2, 0.25) is 10.0 Å². The van der Waals surface area contributed by atoms with E-state index in [-0.39, 0.29) is 15.7 Å². The quantitative estimate of drug-likeness (QED) is 0.485.